The Morgan fingerprint density at radius 1 is 1.33 bits per heavy atom. The van der Waals surface area contributed by atoms with Gasteiger partial charge in [-0.05, 0) is 20.3 Å². The number of rotatable bonds is 6. The van der Waals surface area contributed by atoms with Crippen molar-refractivity contribution in [1.29, 1.82) is 0 Å². The second-order valence-electron chi connectivity index (χ2n) is 4.29. The summed E-state index contributed by atoms with van der Waals surface area (Å²) in [7, 11) is 0. The second-order valence-corrected chi connectivity index (χ2v) is 4.29. The Morgan fingerprint density at radius 2 is 2.00 bits per heavy atom. The van der Waals surface area contributed by atoms with Crippen LogP contribution in [-0.4, -0.2) is 41.5 Å². The first-order valence-corrected chi connectivity index (χ1v) is 6.30. The molecule has 1 heterocycles. The van der Waals surface area contributed by atoms with Gasteiger partial charge in [0.05, 0.1) is 13.0 Å². The van der Waals surface area contributed by atoms with Crippen molar-refractivity contribution < 1.29 is 19.1 Å². The number of ether oxygens (including phenoxy) is 1. The summed E-state index contributed by atoms with van der Waals surface area (Å²) in [4.78, 5) is 36.6. The van der Waals surface area contributed by atoms with Gasteiger partial charge in [0, 0.05) is 6.54 Å². The first-order chi connectivity index (χ1) is 8.50. The van der Waals surface area contributed by atoms with E-state index >= 15 is 0 Å². The normalized spacial score (nSPS) is 23.2. The lowest BCUT2D eigenvalue weighted by atomic mass is 9.90. The molecule has 1 N–H and O–H groups in total. The van der Waals surface area contributed by atoms with Crippen molar-refractivity contribution in [2.45, 2.75) is 45.6 Å². The smallest absolute Gasteiger partial charge is 0.325 e. The van der Waals surface area contributed by atoms with Crippen molar-refractivity contribution in [1.82, 2.24) is 10.2 Å². The summed E-state index contributed by atoms with van der Waals surface area (Å²) >= 11 is 0. The number of nitrogens with zero attached hydrogens (tertiary/aromatic N) is 1. The molecule has 1 fully saturated rings. The van der Waals surface area contributed by atoms with Crippen LogP contribution in [0.4, 0.5) is 4.79 Å². The zero-order valence-corrected chi connectivity index (χ0v) is 11.1. The number of nitrogens with one attached hydrogen (secondary N) is 1. The second kappa shape index (κ2) is 5.84. The lowest BCUT2D eigenvalue weighted by Crippen LogP contribution is -2.48. The van der Waals surface area contributed by atoms with E-state index in [1.165, 1.54) is 0 Å². The van der Waals surface area contributed by atoms with Crippen LogP contribution in [0.25, 0.3) is 0 Å². The van der Waals surface area contributed by atoms with Gasteiger partial charge in [-0.2, -0.15) is 0 Å². The van der Waals surface area contributed by atoms with Crippen LogP contribution >= 0.6 is 0 Å². The minimum atomic E-state index is -1.12. The molecule has 0 bridgehead atoms. The van der Waals surface area contributed by atoms with E-state index in [0.717, 1.165) is 4.90 Å². The highest BCUT2D eigenvalue weighted by atomic mass is 16.5. The molecule has 0 saturated carbocycles. The Bertz CT molecular complexity index is 356. The molecule has 3 amide bonds. The van der Waals surface area contributed by atoms with E-state index in [-0.39, 0.29) is 18.9 Å². The molecule has 18 heavy (non-hydrogen) atoms. The van der Waals surface area contributed by atoms with E-state index in [0.29, 0.717) is 19.4 Å². The van der Waals surface area contributed by atoms with E-state index in [2.05, 4.69) is 5.32 Å². The molecular weight excluding hydrogens is 236 g/mol. The number of hydrogen-bond donors (Lipinski definition) is 1. The zero-order chi connectivity index (χ0) is 13.8. The highest BCUT2D eigenvalue weighted by Crippen LogP contribution is 2.27. The van der Waals surface area contributed by atoms with Crippen molar-refractivity contribution in [3.8, 4) is 0 Å². The molecule has 1 rings (SSSR count). The molecule has 1 unspecified atom stereocenters. The summed E-state index contributed by atoms with van der Waals surface area (Å²) < 4.78 is 4.87. The van der Waals surface area contributed by atoms with E-state index in [9.17, 15) is 14.4 Å². The Balaban J connectivity index is 2.91. The Labute approximate surface area is 107 Å². The summed E-state index contributed by atoms with van der Waals surface area (Å²) in [5.41, 5.74) is -1.12. The predicted octanol–water partition coefficient (Wildman–Crippen LogP) is 1.05. The third-order valence-corrected chi connectivity index (χ3v) is 2.99. The van der Waals surface area contributed by atoms with Gasteiger partial charge in [-0.25, -0.2) is 4.79 Å². The van der Waals surface area contributed by atoms with Crippen LogP contribution in [0.1, 0.15) is 40.0 Å². The van der Waals surface area contributed by atoms with Gasteiger partial charge in [-0.1, -0.05) is 13.3 Å². The number of carbonyl (C=O) groups is 3. The topological polar surface area (TPSA) is 75.7 Å². The standard InChI is InChI=1S/C12H20N2O4/c1-4-7-12(8-9(15)18-6-3)10(16)14(5-2)11(17)13-12/h4-8H2,1-3H3,(H,13,17). The minimum absolute atomic E-state index is 0.101. The molecule has 0 radical (unpaired) electrons. The zero-order valence-electron chi connectivity index (χ0n) is 11.1. The molecular formula is C12H20N2O4. The van der Waals surface area contributed by atoms with E-state index in [1.807, 2.05) is 6.92 Å². The maximum absolute atomic E-state index is 12.2. The molecule has 6 heteroatoms. The molecule has 0 spiro atoms. The summed E-state index contributed by atoms with van der Waals surface area (Å²) in [6, 6.07) is -0.430. The lowest BCUT2D eigenvalue weighted by molar-refractivity contribution is -0.148. The fourth-order valence-corrected chi connectivity index (χ4v) is 2.23. The summed E-state index contributed by atoms with van der Waals surface area (Å²) in [5.74, 6) is -0.789. The lowest BCUT2D eigenvalue weighted by Gasteiger charge is -2.25. The molecule has 0 aromatic carbocycles. The van der Waals surface area contributed by atoms with Crippen LogP contribution < -0.4 is 5.32 Å². The Kier molecular flexibility index (Phi) is 4.69. The van der Waals surface area contributed by atoms with Gasteiger partial charge < -0.3 is 10.1 Å². The average Bonchev–Trinajstić information content (AvgIpc) is 2.51. The van der Waals surface area contributed by atoms with E-state index in [1.54, 1.807) is 13.8 Å². The number of urea groups is 1. The SMILES string of the molecule is CCCC1(CC(=O)OCC)NC(=O)N(CC)C1=O. The van der Waals surface area contributed by atoms with Crippen molar-refractivity contribution in [3.63, 3.8) is 0 Å². The van der Waals surface area contributed by atoms with Crippen molar-refractivity contribution >= 4 is 17.9 Å². The van der Waals surface area contributed by atoms with E-state index in [4.69, 9.17) is 4.74 Å². The fourth-order valence-electron chi connectivity index (χ4n) is 2.23. The quantitative estimate of drug-likeness (QED) is 0.569. The molecule has 0 aromatic heterocycles. The van der Waals surface area contributed by atoms with Crippen LogP contribution in [0.5, 0.6) is 0 Å². The van der Waals surface area contributed by atoms with Gasteiger partial charge in [0.1, 0.15) is 5.54 Å². The average molecular weight is 256 g/mol. The van der Waals surface area contributed by atoms with Gasteiger partial charge in [0.2, 0.25) is 0 Å². The maximum Gasteiger partial charge on any atom is 0.325 e. The van der Waals surface area contributed by atoms with Crippen LogP contribution in [0, 0.1) is 0 Å². The van der Waals surface area contributed by atoms with Crippen LogP contribution in [0.15, 0.2) is 0 Å². The number of carbonyl (C=O) groups excluding carboxylic acids is 3. The largest absolute Gasteiger partial charge is 0.466 e. The number of hydrogen-bond acceptors (Lipinski definition) is 4. The predicted molar refractivity (Wildman–Crippen MR) is 64.8 cm³/mol. The van der Waals surface area contributed by atoms with E-state index < -0.39 is 17.5 Å². The molecule has 1 aliphatic rings. The first kappa shape index (κ1) is 14.5. The molecule has 102 valence electrons. The van der Waals surface area contributed by atoms with Gasteiger partial charge in [0.15, 0.2) is 0 Å². The highest BCUT2D eigenvalue weighted by Gasteiger charge is 2.51. The monoisotopic (exact) mass is 256 g/mol. The summed E-state index contributed by atoms with van der Waals surface area (Å²) in [6.07, 6.45) is 1.03. The van der Waals surface area contributed by atoms with Crippen LogP contribution in [0.3, 0.4) is 0 Å². The third-order valence-electron chi connectivity index (χ3n) is 2.99. The first-order valence-electron chi connectivity index (χ1n) is 6.30. The number of likely N-dealkylation sites (N-methyl/N-ethyl adjacent to an activating group) is 1. The fraction of sp³-hybridized carbons (Fsp3) is 0.750. The van der Waals surface area contributed by atoms with Gasteiger partial charge in [0.25, 0.3) is 5.91 Å². The van der Waals surface area contributed by atoms with Crippen LogP contribution in [-0.2, 0) is 14.3 Å². The number of esters is 1. The molecule has 1 saturated heterocycles. The Hall–Kier alpha value is -1.59. The van der Waals surface area contributed by atoms with Gasteiger partial charge in [-0.3, -0.25) is 14.5 Å². The highest BCUT2D eigenvalue weighted by molar-refractivity contribution is 6.08. The molecule has 1 aliphatic heterocycles. The van der Waals surface area contributed by atoms with Gasteiger partial charge in [-0.15, -0.1) is 0 Å². The Morgan fingerprint density at radius 3 is 2.44 bits per heavy atom. The molecule has 1 atom stereocenters. The van der Waals surface area contributed by atoms with Crippen molar-refractivity contribution in [2.24, 2.45) is 0 Å². The number of amides is 3. The third kappa shape index (κ3) is 2.63. The van der Waals surface area contributed by atoms with Crippen molar-refractivity contribution in [2.75, 3.05) is 13.2 Å². The number of imide groups is 1. The van der Waals surface area contributed by atoms with Gasteiger partial charge >= 0.3 is 12.0 Å². The summed E-state index contributed by atoms with van der Waals surface area (Å²) in [6.45, 7) is 5.90. The minimum Gasteiger partial charge on any atom is -0.466 e. The summed E-state index contributed by atoms with van der Waals surface area (Å²) in [5, 5.41) is 2.65. The molecule has 6 nitrogen and oxygen atoms in total. The molecule has 0 aromatic rings. The van der Waals surface area contributed by atoms with Crippen LogP contribution in [0.2, 0.25) is 0 Å². The van der Waals surface area contributed by atoms with Crippen molar-refractivity contribution in [3.05, 3.63) is 0 Å². The molecule has 0 aliphatic carbocycles. The maximum atomic E-state index is 12.2.